The van der Waals surface area contributed by atoms with Crippen molar-refractivity contribution < 1.29 is 27.9 Å². The van der Waals surface area contributed by atoms with Gasteiger partial charge in [-0.2, -0.15) is 0 Å². The number of hydroxylamine groups is 1. The minimum atomic E-state index is -3.94. The van der Waals surface area contributed by atoms with Crippen LogP contribution in [0, 0.1) is 0 Å². The topological polar surface area (TPSA) is 118 Å². The highest BCUT2D eigenvalue weighted by molar-refractivity contribution is 7.92. The molecule has 0 atom stereocenters. The number of nitrogens with one attached hydrogen (secondary N) is 1. The molecule has 2 aromatic carbocycles. The smallest absolute Gasteiger partial charge is 0.267 e. The van der Waals surface area contributed by atoms with E-state index in [4.69, 9.17) is 14.7 Å². The fraction of sp³-hybridized carbons (Fsp3) is 0.130. The van der Waals surface area contributed by atoms with Crippen molar-refractivity contribution in [2.45, 2.75) is 4.90 Å². The number of pyridine rings is 1. The lowest BCUT2D eigenvalue weighted by molar-refractivity contribution is -0.124. The summed E-state index contributed by atoms with van der Waals surface area (Å²) in [6.45, 7) is 0. The molecule has 3 aromatic rings. The van der Waals surface area contributed by atoms with Crippen LogP contribution in [0.4, 0.5) is 5.69 Å². The van der Waals surface area contributed by atoms with Crippen molar-refractivity contribution in [3.63, 3.8) is 0 Å². The average molecular weight is 470 g/mol. The molecule has 0 radical (unpaired) electrons. The third-order valence-corrected chi connectivity index (χ3v) is 6.67. The molecule has 0 unspecified atom stereocenters. The van der Waals surface area contributed by atoms with Gasteiger partial charge in [-0.15, -0.1) is 0 Å². The maximum atomic E-state index is 13.3. The van der Waals surface area contributed by atoms with Crippen LogP contribution < -0.4 is 19.3 Å². The number of nitrogens with zero attached hydrogens (tertiary/aromatic N) is 2. The Balaban J connectivity index is 2.05. The third-order valence-electron chi connectivity index (χ3n) is 4.89. The van der Waals surface area contributed by atoms with Gasteiger partial charge in [0, 0.05) is 37.1 Å². The first-order chi connectivity index (χ1) is 15.8. The highest BCUT2D eigenvalue weighted by Crippen LogP contribution is 2.33. The highest BCUT2D eigenvalue weighted by atomic mass is 32.2. The van der Waals surface area contributed by atoms with Crippen molar-refractivity contribution >= 4 is 27.2 Å². The SMILES string of the molecule is COc1ccc(S(=O)(=O)N(C)c2cccc(/C(=C\C(=O)NO)c3cccnc3)c2)cc1OC. The van der Waals surface area contributed by atoms with Gasteiger partial charge in [0.2, 0.25) is 0 Å². The zero-order valence-electron chi connectivity index (χ0n) is 18.2. The Hall–Kier alpha value is -3.89. The fourth-order valence-corrected chi connectivity index (χ4v) is 4.37. The van der Waals surface area contributed by atoms with E-state index in [1.807, 2.05) is 0 Å². The first-order valence-electron chi connectivity index (χ1n) is 9.69. The molecule has 3 rings (SSSR count). The van der Waals surface area contributed by atoms with E-state index in [-0.39, 0.29) is 10.6 Å². The van der Waals surface area contributed by atoms with Crippen molar-refractivity contribution in [3.8, 4) is 11.5 Å². The number of hydrogen-bond acceptors (Lipinski definition) is 7. The molecule has 1 heterocycles. The molecule has 0 bridgehead atoms. The molecule has 10 heteroatoms. The third kappa shape index (κ3) is 5.13. The van der Waals surface area contributed by atoms with Crippen LogP contribution in [0.2, 0.25) is 0 Å². The van der Waals surface area contributed by atoms with Gasteiger partial charge >= 0.3 is 0 Å². The van der Waals surface area contributed by atoms with Crippen molar-refractivity contribution in [1.82, 2.24) is 10.5 Å². The molecule has 0 aliphatic rings. The maximum absolute atomic E-state index is 13.3. The monoisotopic (exact) mass is 469 g/mol. The summed E-state index contributed by atoms with van der Waals surface area (Å²) in [7, 11) is 0.385. The summed E-state index contributed by atoms with van der Waals surface area (Å²) in [6, 6.07) is 14.5. The number of rotatable bonds is 8. The molecule has 0 saturated heterocycles. The summed E-state index contributed by atoms with van der Waals surface area (Å²) in [4.78, 5) is 15.9. The summed E-state index contributed by atoms with van der Waals surface area (Å²) in [5.74, 6) is -0.0300. The summed E-state index contributed by atoms with van der Waals surface area (Å²) in [5.41, 5.74) is 3.56. The van der Waals surface area contributed by atoms with Gasteiger partial charge in [-0.3, -0.25) is 19.3 Å². The molecule has 0 aliphatic heterocycles. The summed E-state index contributed by atoms with van der Waals surface area (Å²) in [6.07, 6.45) is 4.36. The maximum Gasteiger partial charge on any atom is 0.267 e. The van der Waals surface area contributed by atoms with E-state index in [0.717, 1.165) is 4.31 Å². The van der Waals surface area contributed by atoms with Crippen LogP contribution in [0.15, 0.2) is 78.0 Å². The van der Waals surface area contributed by atoms with E-state index in [0.29, 0.717) is 28.1 Å². The molecule has 9 nitrogen and oxygen atoms in total. The first kappa shape index (κ1) is 23.8. The van der Waals surface area contributed by atoms with Gasteiger partial charge < -0.3 is 9.47 Å². The Labute approximate surface area is 191 Å². The molecule has 0 fully saturated rings. The van der Waals surface area contributed by atoms with E-state index in [1.54, 1.807) is 54.3 Å². The number of amides is 1. The second-order valence-corrected chi connectivity index (χ2v) is 8.78. The predicted octanol–water partition coefficient (Wildman–Crippen LogP) is 2.86. The second kappa shape index (κ2) is 10.2. The number of methoxy groups -OCH3 is 2. The minimum absolute atomic E-state index is 0.0238. The van der Waals surface area contributed by atoms with Gasteiger partial charge in [0.25, 0.3) is 15.9 Å². The molecular weight excluding hydrogens is 446 g/mol. The number of anilines is 1. The quantitative estimate of drug-likeness (QED) is 0.296. The van der Waals surface area contributed by atoms with E-state index >= 15 is 0 Å². The van der Waals surface area contributed by atoms with Crippen LogP contribution in [0.5, 0.6) is 11.5 Å². The van der Waals surface area contributed by atoms with Gasteiger partial charge in [-0.25, -0.2) is 13.9 Å². The number of aromatic nitrogens is 1. The average Bonchev–Trinajstić information content (AvgIpc) is 2.86. The van der Waals surface area contributed by atoms with Gasteiger partial charge in [0.15, 0.2) is 11.5 Å². The van der Waals surface area contributed by atoms with Gasteiger partial charge in [-0.1, -0.05) is 18.2 Å². The lowest BCUT2D eigenvalue weighted by Crippen LogP contribution is -2.26. The normalized spacial score (nSPS) is 11.6. The van der Waals surface area contributed by atoms with E-state index in [9.17, 15) is 13.2 Å². The molecular formula is C23H23N3O6S. The van der Waals surface area contributed by atoms with E-state index in [2.05, 4.69) is 4.98 Å². The molecule has 172 valence electrons. The van der Waals surface area contributed by atoms with Crippen LogP contribution in [0.1, 0.15) is 11.1 Å². The van der Waals surface area contributed by atoms with E-state index < -0.39 is 15.9 Å². The van der Waals surface area contributed by atoms with E-state index in [1.165, 1.54) is 45.5 Å². The zero-order valence-corrected chi connectivity index (χ0v) is 19.0. The minimum Gasteiger partial charge on any atom is -0.493 e. The lowest BCUT2D eigenvalue weighted by Gasteiger charge is -2.21. The van der Waals surface area contributed by atoms with Crippen LogP contribution in [0.3, 0.4) is 0 Å². The van der Waals surface area contributed by atoms with Gasteiger partial charge in [0.05, 0.1) is 24.8 Å². The Morgan fingerprint density at radius 2 is 1.76 bits per heavy atom. The largest absolute Gasteiger partial charge is 0.493 e. The predicted molar refractivity (Wildman–Crippen MR) is 123 cm³/mol. The standard InChI is InChI=1S/C23H23N3O6S/c1-26(33(29,30)19-9-10-21(31-2)22(13-19)32-3)18-8-4-6-16(12-18)20(14-23(27)25-28)17-7-5-11-24-15-17/h4-15,28H,1-3H3,(H,25,27)/b20-14+. The van der Waals surface area contributed by atoms with Crippen molar-refractivity contribution in [2.75, 3.05) is 25.6 Å². The summed E-state index contributed by atoms with van der Waals surface area (Å²) in [5, 5.41) is 8.97. The Bertz CT molecular complexity index is 1280. The number of carbonyl (C=O) groups excluding carboxylic acids is 1. The number of ether oxygens (including phenoxy) is 2. The van der Waals surface area contributed by atoms with Crippen LogP contribution in [0.25, 0.3) is 5.57 Å². The number of hydrogen-bond donors (Lipinski definition) is 2. The fourth-order valence-electron chi connectivity index (χ4n) is 3.16. The molecule has 0 spiro atoms. The van der Waals surface area contributed by atoms with Gasteiger partial charge in [0.1, 0.15) is 0 Å². The van der Waals surface area contributed by atoms with Crippen LogP contribution >= 0.6 is 0 Å². The van der Waals surface area contributed by atoms with Crippen molar-refractivity contribution in [2.24, 2.45) is 0 Å². The van der Waals surface area contributed by atoms with Crippen LogP contribution in [-0.2, 0) is 14.8 Å². The van der Waals surface area contributed by atoms with Gasteiger partial charge in [-0.05, 0) is 41.5 Å². The van der Waals surface area contributed by atoms with Crippen molar-refractivity contribution in [1.29, 1.82) is 0 Å². The van der Waals surface area contributed by atoms with Crippen molar-refractivity contribution in [3.05, 3.63) is 84.2 Å². The first-order valence-corrected chi connectivity index (χ1v) is 11.1. The molecule has 1 aromatic heterocycles. The number of benzene rings is 2. The zero-order chi connectivity index (χ0) is 24.0. The Morgan fingerprint density at radius 1 is 1.03 bits per heavy atom. The molecule has 0 saturated carbocycles. The molecule has 0 aliphatic carbocycles. The molecule has 1 amide bonds. The molecule has 33 heavy (non-hydrogen) atoms. The summed E-state index contributed by atoms with van der Waals surface area (Å²) >= 11 is 0. The Kier molecular flexibility index (Phi) is 7.31. The number of carbonyl (C=O) groups is 1. The summed E-state index contributed by atoms with van der Waals surface area (Å²) < 4.78 is 38.1. The molecule has 2 N–H and O–H groups in total. The van der Waals surface area contributed by atoms with Crippen LogP contribution in [-0.4, -0.2) is 45.8 Å². The second-order valence-electron chi connectivity index (χ2n) is 6.82. The highest BCUT2D eigenvalue weighted by Gasteiger charge is 2.23. The Morgan fingerprint density at radius 3 is 2.39 bits per heavy atom. The lowest BCUT2D eigenvalue weighted by atomic mass is 9.98. The number of sulfonamides is 1.